The number of halogens is 1. The highest BCUT2D eigenvalue weighted by molar-refractivity contribution is 5.94. The van der Waals surface area contributed by atoms with Crippen molar-refractivity contribution < 1.29 is 13.9 Å². The number of ether oxygens (including phenoxy) is 1. The van der Waals surface area contributed by atoms with Gasteiger partial charge in [-0.1, -0.05) is 6.92 Å². The summed E-state index contributed by atoms with van der Waals surface area (Å²) in [6, 6.07) is 4.21. The monoisotopic (exact) mass is 254 g/mol. The van der Waals surface area contributed by atoms with Crippen molar-refractivity contribution in [3.05, 3.63) is 29.6 Å². The Labute approximate surface area is 107 Å². The Morgan fingerprint density at radius 2 is 2.17 bits per heavy atom. The van der Waals surface area contributed by atoms with E-state index in [0.717, 1.165) is 6.42 Å². The lowest BCUT2D eigenvalue weighted by Crippen LogP contribution is -2.36. The second kappa shape index (κ2) is 6.96. The molecule has 5 heteroatoms. The quantitative estimate of drug-likeness (QED) is 0.839. The van der Waals surface area contributed by atoms with Gasteiger partial charge in [0, 0.05) is 25.2 Å². The van der Waals surface area contributed by atoms with Gasteiger partial charge in [-0.05, 0) is 24.6 Å². The van der Waals surface area contributed by atoms with Crippen LogP contribution in [0, 0.1) is 5.82 Å². The van der Waals surface area contributed by atoms with Crippen molar-refractivity contribution in [3.8, 4) is 5.75 Å². The fourth-order valence-corrected chi connectivity index (χ4v) is 1.72. The van der Waals surface area contributed by atoms with Gasteiger partial charge in [-0.3, -0.25) is 4.79 Å². The summed E-state index contributed by atoms with van der Waals surface area (Å²) in [5.74, 6) is -0.608. The first kappa shape index (κ1) is 14.4. The van der Waals surface area contributed by atoms with Gasteiger partial charge in [0.1, 0.15) is 0 Å². The maximum atomic E-state index is 13.5. The molecule has 0 aliphatic rings. The lowest BCUT2D eigenvalue weighted by molar-refractivity contribution is 0.0760. The molecule has 0 atom stereocenters. The number of hydrogen-bond donors (Lipinski definition) is 1. The Morgan fingerprint density at radius 3 is 2.67 bits per heavy atom. The van der Waals surface area contributed by atoms with Crippen LogP contribution < -0.4 is 10.5 Å². The minimum atomic E-state index is -0.535. The van der Waals surface area contributed by atoms with Crippen molar-refractivity contribution in [2.45, 2.75) is 13.3 Å². The van der Waals surface area contributed by atoms with Crippen molar-refractivity contribution in [2.75, 3.05) is 26.7 Å². The molecule has 0 aliphatic carbocycles. The smallest absolute Gasteiger partial charge is 0.254 e. The number of rotatable bonds is 6. The summed E-state index contributed by atoms with van der Waals surface area (Å²) in [5, 5.41) is 0. The molecule has 0 radical (unpaired) electrons. The van der Waals surface area contributed by atoms with Crippen molar-refractivity contribution in [2.24, 2.45) is 5.73 Å². The van der Waals surface area contributed by atoms with Crippen LogP contribution in [0.1, 0.15) is 23.7 Å². The first-order chi connectivity index (χ1) is 8.63. The zero-order chi connectivity index (χ0) is 13.5. The van der Waals surface area contributed by atoms with E-state index in [0.29, 0.717) is 25.2 Å². The lowest BCUT2D eigenvalue weighted by Gasteiger charge is -2.21. The molecule has 0 aliphatic heterocycles. The molecule has 1 aromatic rings. The third-order valence-corrected chi connectivity index (χ3v) is 2.58. The Hall–Kier alpha value is -1.62. The molecule has 0 saturated carbocycles. The van der Waals surface area contributed by atoms with E-state index >= 15 is 0 Å². The summed E-state index contributed by atoms with van der Waals surface area (Å²) in [4.78, 5) is 13.8. The molecule has 1 rings (SSSR count). The highest BCUT2D eigenvalue weighted by Gasteiger charge is 2.16. The molecule has 0 fully saturated rings. The third kappa shape index (κ3) is 3.43. The Balaban J connectivity index is 2.90. The van der Waals surface area contributed by atoms with E-state index in [1.165, 1.54) is 19.2 Å². The number of hydrogen-bond acceptors (Lipinski definition) is 3. The van der Waals surface area contributed by atoms with Gasteiger partial charge >= 0.3 is 0 Å². The summed E-state index contributed by atoms with van der Waals surface area (Å²) < 4.78 is 18.3. The highest BCUT2D eigenvalue weighted by Crippen LogP contribution is 2.18. The van der Waals surface area contributed by atoms with Gasteiger partial charge in [-0.15, -0.1) is 0 Å². The van der Waals surface area contributed by atoms with Crippen LogP contribution in [-0.4, -0.2) is 37.6 Å². The largest absolute Gasteiger partial charge is 0.494 e. The predicted molar refractivity (Wildman–Crippen MR) is 68.2 cm³/mol. The van der Waals surface area contributed by atoms with Crippen LogP contribution in [0.25, 0.3) is 0 Å². The van der Waals surface area contributed by atoms with Gasteiger partial charge in [-0.2, -0.15) is 0 Å². The SMILES string of the molecule is CCCN(CCN)C(=O)c1ccc(OC)c(F)c1. The van der Waals surface area contributed by atoms with E-state index in [1.54, 1.807) is 11.0 Å². The Kier molecular flexibility index (Phi) is 5.58. The second-order valence-electron chi connectivity index (χ2n) is 3.93. The van der Waals surface area contributed by atoms with Gasteiger partial charge in [0.15, 0.2) is 11.6 Å². The topological polar surface area (TPSA) is 55.6 Å². The van der Waals surface area contributed by atoms with E-state index in [1.807, 2.05) is 6.92 Å². The number of nitrogens with two attached hydrogens (primary N) is 1. The number of benzene rings is 1. The highest BCUT2D eigenvalue weighted by atomic mass is 19.1. The minimum absolute atomic E-state index is 0.132. The summed E-state index contributed by atoms with van der Waals surface area (Å²) in [7, 11) is 1.39. The standard InChI is InChI=1S/C13H19FN2O2/c1-3-7-16(8-6-15)13(17)10-4-5-12(18-2)11(14)9-10/h4-5,9H,3,6-8,15H2,1-2H3. The summed E-state index contributed by atoms with van der Waals surface area (Å²) >= 11 is 0. The molecule has 0 saturated heterocycles. The van der Waals surface area contributed by atoms with E-state index in [2.05, 4.69) is 0 Å². The van der Waals surface area contributed by atoms with Crippen LogP contribution in [0.5, 0.6) is 5.75 Å². The molecule has 0 aromatic heterocycles. The van der Waals surface area contributed by atoms with Crippen LogP contribution in [0.3, 0.4) is 0 Å². The molecule has 18 heavy (non-hydrogen) atoms. The van der Waals surface area contributed by atoms with E-state index in [-0.39, 0.29) is 11.7 Å². The van der Waals surface area contributed by atoms with Gasteiger partial charge < -0.3 is 15.4 Å². The second-order valence-corrected chi connectivity index (χ2v) is 3.93. The Bertz CT molecular complexity index is 404. The average Bonchev–Trinajstić information content (AvgIpc) is 2.37. The van der Waals surface area contributed by atoms with E-state index in [9.17, 15) is 9.18 Å². The molecule has 2 N–H and O–H groups in total. The molecule has 100 valence electrons. The summed E-state index contributed by atoms with van der Waals surface area (Å²) in [6.07, 6.45) is 0.838. The maximum absolute atomic E-state index is 13.5. The maximum Gasteiger partial charge on any atom is 0.254 e. The number of amides is 1. The van der Waals surface area contributed by atoms with Gasteiger partial charge in [-0.25, -0.2) is 4.39 Å². The number of nitrogens with zero attached hydrogens (tertiary/aromatic N) is 1. The molecule has 1 aromatic carbocycles. The molecular formula is C13H19FN2O2. The zero-order valence-electron chi connectivity index (χ0n) is 10.8. The molecule has 0 spiro atoms. The normalized spacial score (nSPS) is 10.2. The lowest BCUT2D eigenvalue weighted by atomic mass is 10.1. The predicted octanol–water partition coefficient (Wildman–Crippen LogP) is 1.65. The number of carbonyl (C=O) groups is 1. The van der Waals surface area contributed by atoms with E-state index in [4.69, 9.17) is 10.5 Å². The molecule has 0 heterocycles. The van der Waals surface area contributed by atoms with Gasteiger partial charge in [0.2, 0.25) is 0 Å². The van der Waals surface area contributed by atoms with Crippen LogP contribution in [0.2, 0.25) is 0 Å². The van der Waals surface area contributed by atoms with Gasteiger partial charge in [0.05, 0.1) is 7.11 Å². The zero-order valence-corrected chi connectivity index (χ0v) is 10.8. The molecular weight excluding hydrogens is 235 g/mol. The van der Waals surface area contributed by atoms with Crippen molar-refractivity contribution in [3.63, 3.8) is 0 Å². The number of methoxy groups -OCH3 is 1. The Morgan fingerprint density at radius 1 is 1.44 bits per heavy atom. The fraction of sp³-hybridized carbons (Fsp3) is 0.462. The fourth-order valence-electron chi connectivity index (χ4n) is 1.72. The van der Waals surface area contributed by atoms with Crippen molar-refractivity contribution in [1.29, 1.82) is 0 Å². The third-order valence-electron chi connectivity index (χ3n) is 2.58. The first-order valence-electron chi connectivity index (χ1n) is 5.96. The van der Waals surface area contributed by atoms with Crippen LogP contribution in [-0.2, 0) is 0 Å². The average molecular weight is 254 g/mol. The van der Waals surface area contributed by atoms with Crippen LogP contribution in [0.15, 0.2) is 18.2 Å². The van der Waals surface area contributed by atoms with Crippen LogP contribution in [0.4, 0.5) is 4.39 Å². The van der Waals surface area contributed by atoms with Crippen molar-refractivity contribution in [1.82, 2.24) is 4.90 Å². The minimum Gasteiger partial charge on any atom is -0.494 e. The molecule has 4 nitrogen and oxygen atoms in total. The molecule has 0 unspecified atom stereocenters. The van der Waals surface area contributed by atoms with Crippen LogP contribution >= 0.6 is 0 Å². The van der Waals surface area contributed by atoms with Crippen molar-refractivity contribution >= 4 is 5.91 Å². The molecule has 1 amide bonds. The summed E-state index contributed by atoms with van der Waals surface area (Å²) in [6.45, 7) is 3.46. The number of carbonyl (C=O) groups excluding carboxylic acids is 1. The van der Waals surface area contributed by atoms with Gasteiger partial charge in [0.25, 0.3) is 5.91 Å². The molecule has 0 bridgehead atoms. The van der Waals surface area contributed by atoms with E-state index < -0.39 is 5.82 Å². The summed E-state index contributed by atoms with van der Waals surface area (Å²) in [5.41, 5.74) is 5.78. The first-order valence-corrected chi connectivity index (χ1v) is 5.96.